The molecule has 1 aromatic carbocycles. The summed E-state index contributed by atoms with van der Waals surface area (Å²) in [6, 6.07) is 5.63. The first-order chi connectivity index (χ1) is 12.1. The van der Waals surface area contributed by atoms with Crippen molar-refractivity contribution in [1.82, 2.24) is 10.2 Å². The molecule has 0 unspecified atom stereocenters. The Labute approximate surface area is 146 Å². The highest BCUT2D eigenvalue weighted by Crippen LogP contribution is 2.26. The molecule has 0 aromatic heterocycles. The number of anilines is 1. The summed E-state index contributed by atoms with van der Waals surface area (Å²) in [7, 11) is 0. The molecule has 2 aliphatic rings. The van der Waals surface area contributed by atoms with Crippen LogP contribution in [0.25, 0.3) is 0 Å². The van der Waals surface area contributed by atoms with Gasteiger partial charge in [0.05, 0.1) is 6.61 Å². The molecule has 134 valence electrons. The first-order valence-corrected chi connectivity index (χ1v) is 8.72. The van der Waals surface area contributed by atoms with Crippen molar-refractivity contribution >= 4 is 23.4 Å². The summed E-state index contributed by atoms with van der Waals surface area (Å²) in [5.74, 6) is 0.868. The zero-order valence-corrected chi connectivity index (χ0v) is 14.2. The summed E-state index contributed by atoms with van der Waals surface area (Å²) in [5.41, 5.74) is 1.93. The Morgan fingerprint density at radius 1 is 1.12 bits per heavy atom. The summed E-state index contributed by atoms with van der Waals surface area (Å²) in [4.78, 5) is 36.6. The van der Waals surface area contributed by atoms with Crippen LogP contribution in [0.5, 0.6) is 5.75 Å². The summed E-state index contributed by atoms with van der Waals surface area (Å²) < 4.78 is 5.73. The molecule has 0 atom stereocenters. The van der Waals surface area contributed by atoms with E-state index in [4.69, 9.17) is 4.74 Å². The van der Waals surface area contributed by atoms with E-state index in [9.17, 15) is 14.4 Å². The molecule has 3 rings (SSSR count). The lowest BCUT2D eigenvalue weighted by Crippen LogP contribution is -2.34. The molecular weight excluding hydrogens is 322 g/mol. The number of nitrogens with one attached hydrogen (secondary N) is 2. The third-order valence-electron chi connectivity index (χ3n) is 4.44. The van der Waals surface area contributed by atoms with Gasteiger partial charge in [-0.2, -0.15) is 0 Å². The van der Waals surface area contributed by atoms with Gasteiger partial charge in [0.1, 0.15) is 5.75 Å². The van der Waals surface area contributed by atoms with E-state index in [1.54, 1.807) is 4.90 Å². The summed E-state index contributed by atoms with van der Waals surface area (Å²) in [6.07, 6.45) is 2.63. The standard InChI is InChI=1S/C18H23N3O4/c22-16-7-9-21(10-8-19-16)18(24)2-1-11-25-14-4-5-15-13(12-14)3-6-17(23)20-15/h4-5,12H,1-3,6-11H2,(H,19,22)(H,20,23). The molecule has 1 fully saturated rings. The van der Waals surface area contributed by atoms with E-state index >= 15 is 0 Å². The van der Waals surface area contributed by atoms with Crippen molar-refractivity contribution in [1.29, 1.82) is 0 Å². The van der Waals surface area contributed by atoms with Crippen LogP contribution in [0.15, 0.2) is 18.2 Å². The number of benzene rings is 1. The highest BCUT2D eigenvalue weighted by molar-refractivity contribution is 5.94. The Bertz CT molecular complexity index is 674. The SMILES string of the molecule is O=C1CCN(C(=O)CCCOc2ccc3c(c2)CCC(=O)N3)CCN1. The quantitative estimate of drug-likeness (QED) is 0.782. The van der Waals surface area contributed by atoms with Crippen LogP contribution in [-0.2, 0) is 20.8 Å². The van der Waals surface area contributed by atoms with Gasteiger partial charge in [-0.05, 0) is 36.6 Å². The van der Waals surface area contributed by atoms with E-state index in [0.29, 0.717) is 51.9 Å². The average Bonchev–Trinajstić information content (AvgIpc) is 2.83. The normalized spacial score (nSPS) is 17.2. The van der Waals surface area contributed by atoms with Gasteiger partial charge in [0.2, 0.25) is 17.7 Å². The van der Waals surface area contributed by atoms with Crippen LogP contribution < -0.4 is 15.4 Å². The maximum Gasteiger partial charge on any atom is 0.224 e. The van der Waals surface area contributed by atoms with Crippen LogP contribution in [0.3, 0.4) is 0 Å². The monoisotopic (exact) mass is 345 g/mol. The lowest BCUT2D eigenvalue weighted by molar-refractivity contribution is -0.131. The number of rotatable bonds is 5. The van der Waals surface area contributed by atoms with Gasteiger partial charge < -0.3 is 20.3 Å². The Balaban J connectivity index is 1.42. The van der Waals surface area contributed by atoms with Crippen molar-refractivity contribution < 1.29 is 19.1 Å². The number of carbonyl (C=O) groups excluding carboxylic acids is 3. The summed E-state index contributed by atoms with van der Waals surface area (Å²) in [5, 5.41) is 5.60. The van der Waals surface area contributed by atoms with Crippen LogP contribution in [0, 0.1) is 0 Å². The van der Waals surface area contributed by atoms with Crippen molar-refractivity contribution in [2.75, 3.05) is 31.6 Å². The van der Waals surface area contributed by atoms with Gasteiger partial charge in [-0.1, -0.05) is 0 Å². The van der Waals surface area contributed by atoms with Crippen molar-refractivity contribution in [3.8, 4) is 5.75 Å². The molecule has 0 saturated carbocycles. The molecule has 7 heteroatoms. The summed E-state index contributed by atoms with van der Waals surface area (Å²) in [6.45, 7) is 2.04. The zero-order chi connectivity index (χ0) is 17.6. The highest BCUT2D eigenvalue weighted by atomic mass is 16.5. The fraction of sp³-hybridized carbons (Fsp3) is 0.500. The molecule has 3 amide bonds. The van der Waals surface area contributed by atoms with E-state index < -0.39 is 0 Å². The number of ether oxygens (including phenoxy) is 1. The van der Waals surface area contributed by atoms with Gasteiger partial charge in [0.25, 0.3) is 0 Å². The Morgan fingerprint density at radius 2 is 2.00 bits per heavy atom. The predicted molar refractivity (Wildman–Crippen MR) is 92.3 cm³/mol. The molecule has 0 bridgehead atoms. The minimum absolute atomic E-state index is 0.00207. The molecule has 0 radical (unpaired) electrons. The molecule has 2 N–H and O–H groups in total. The molecular formula is C18H23N3O4. The van der Waals surface area contributed by atoms with Crippen molar-refractivity contribution in [2.45, 2.75) is 32.1 Å². The lowest BCUT2D eigenvalue weighted by atomic mass is 10.0. The number of fused-ring (bicyclic) bond motifs is 1. The smallest absolute Gasteiger partial charge is 0.224 e. The highest BCUT2D eigenvalue weighted by Gasteiger charge is 2.18. The van der Waals surface area contributed by atoms with E-state index in [1.165, 1.54) is 0 Å². The molecule has 0 spiro atoms. The molecule has 0 aliphatic carbocycles. The van der Waals surface area contributed by atoms with Gasteiger partial charge in [-0.15, -0.1) is 0 Å². The van der Waals surface area contributed by atoms with Crippen LogP contribution in [0.2, 0.25) is 0 Å². The van der Waals surface area contributed by atoms with Crippen LogP contribution >= 0.6 is 0 Å². The van der Waals surface area contributed by atoms with E-state index in [-0.39, 0.29) is 17.7 Å². The van der Waals surface area contributed by atoms with Crippen molar-refractivity contribution in [3.63, 3.8) is 0 Å². The average molecular weight is 345 g/mol. The molecule has 7 nitrogen and oxygen atoms in total. The third-order valence-corrected chi connectivity index (χ3v) is 4.44. The fourth-order valence-electron chi connectivity index (χ4n) is 3.04. The maximum absolute atomic E-state index is 12.2. The van der Waals surface area contributed by atoms with Crippen LogP contribution in [-0.4, -0.2) is 48.9 Å². The fourth-order valence-corrected chi connectivity index (χ4v) is 3.04. The van der Waals surface area contributed by atoms with Gasteiger partial charge in [0, 0.05) is 44.6 Å². The van der Waals surface area contributed by atoms with Crippen molar-refractivity contribution in [2.24, 2.45) is 0 Å². The second-order valence-electron chi connectivity index (χ2n) is 6.30. The van der Waals surface area contributed by atoms with Gasteiger partial charge in [0.15, 0.2) is 0 Å². The van der Waals surface area contributed by atoms with Crippen molar-refractivity contribution in [3.05, 3.63) is 23.8 Å². The topological polar surface area (TPSA) is 87.7 Å². The molecule has 2 heterocycles. The second kappa shape index (κ2) is 8.00. The Morgan fingerprint density at radius 3 is 2.88 bits per heavy atom. The third kappa shape index (κ3) is 4.71. The number of carbonyl (C=O) groups is 3. The zero-order valence-electron chi connectivity index (χ0n) is 14.2. The number of amides is 3. The van der Waals surface area contributed by atoms with Crippen LogP contribution in [0.4, 0.5) is 5.69 Å². The van der Waals surface area contributed by atoms with E-state index in [0.717, 1.165) is 23.4 Å². The maximum atomic E-state index is 12.2. The van der Waals surface area contributed by atoms with Gasteiger partial charge in [-0.25, -0.2) is 0 Å². The number of aryl methyl sites for hydroxylation is 1. The van der Waals surface area contributed by atoms with Gasteiger partial charge >= 0.3 is 0 Å². The number of hydrogen-bond donors (Lipinski definition) is 2. The second-order valence-corrected chi connectivity index (χ2v) is 6.30. The molecule has 1 aromatic rings. The Kier molecular flexibility index (Phi) is 5.53. The van der Waals surface area contributed by atoms with Gasteiger partial charge in [-0.3, -0.25) is 14.4 Å². The Hall–Kier alpha value is -2.57. The molecule has 1 saturated heterocycles. The van der Waals surface area contributed by atoms with E-state index in [1.807, 2.05) is 18.2 Å². The first-order valence-electron chi connectivity index (χ1n) is 8.72. The minimum atomic E-state index is 0.00207. The predicted octanol–water partition coefficient (Wildman–Crippen LogP) is 1.08. The number of hydrogen-bond acceptors (Lipinski definition) is 4. The number of nitrogens with zero attached hydrogens (tertiary/aromatic N) is 1. The van der Waals surface area contributed by atoms with Crippen LogP contribution in [0.1, 0.15) is 31.2 Å². The lowest BCUT2D eigenvalue weighted by Gasteiger charge is -2.19. The van der Waals surface area contributed by atoms with E-state index in [2.05, 4.69) is 10.6 Å². The minimum Gasteiger partial charge on any atom is -0.494 e. The molecule has 25 heavy (non-hydrogen) atoms. The summed E-state index contributed by atoms with van der Waals surface area (Å²) >= 11 is 0. The largest absolute Gasteiger partial charge is 0.494 e. The molecule has 2 aliphatic heterocycles. The first kappa shape index (κ1) is 17.3.